The fraction of sp³-hybridized carbons (Fsp3) is 0.118. The lowest BCUT2D eigenvalue weighted by Crippen LogP contribution is -2.51. The van der Waals surface area contributed by atoms with Crippen LogP contribution in [0, 0.1) is 24.0 Å². The number of hydrogen-bond donors (Lipinski definition) is 2. The SMILES string of the molecule is Cc1cc(-c2ccc(C=C3C(=O)NC(=O)NC3=O)o2)c(C)c([N+](=O)[O-])c1. The molecule has 0 spiro atoms. The molecule has 9 heteroatoms. The first-order valence-corrected chi connectivity index (χ1v) is 7.50. The van der Waals surface area contributed by atoms with Crippen LogP contribution < -0.4 is 10.6 Å². The van der Waals surface area contributed by atoms with Crippen molar-refractivity contribution in [3.05, 3.63) is 56.8 Å². The van der Waals surface area contributed by atoms with Crippen LogP contribution in [0.4, 0.5) is 10.5 Å². The number of carbonyl (C=O) groups excluding carboxylic acids is 3. The number of nitrogens with zero attached hydrogens (tertiary/aromatic N) is 1. The van der Waals surface area contributed by atoms with Crippen molar-refractivity contribution in [1.82, 2.24) is 10.6 Å². The zero-order valence-electron chi connectivity index (χ0n) is 13.8. The normalized spacial score (nSPS) is 14.1. The van der Waals surface area contributed by atoms with Crippen molar-refractivity contribution in [2.45, 2.75) is 13.8 Å². The third-order valence-electron chi connectivity index (χ3n) is 3.84. The lowest BCUT2D eigenvalue weighted by Gasteiger charge is -2.13. The molecule has 2 aromatic rings. The van der Waals surface area contributed by atoms with Crippen molar-refractivity contribution in [2.24, 2.45) is 0 Å². The zero-order chi connectivity index (χ0) is 19.0. The van der Waals surface area contributed by atoms with E-state index in [1.807, 2.05) is 10.6 Å². The Labute approximate surface area is 146 Å². The van der Waals surface area contributed by atoms with Crippen LogP contribution in [0.3, 0.4) is 0 Å². The number of nitro groups is 1. The Morgan fingerprint density at radius 1 is 1.08 bits per heavy atom. The predicted molar refractivity (Wildman–Crippen MR) is 89.9 cm³/mol. The number of hydrogen-bond acceptors (Lipinski definition) is 6. The van der Waals surface area contributed by atoms with E-state index in [1.165, 1.54) is 18.2 Å². The van der Waals surface area contributed by atoms with Gasteiger partial charge in [0.2, 0.25) is 0 Å². The Morgan fingerprint density at radius 2 is 1.73 bits per heavy atom. The van der Waals surface area contributed by atoms with Gasteiger partial charge in [-0.25, -0.2) is 4.79 Å². The summed E-state index contributed by atoms with van der Waals surface area (Å²) >= 11 is 0. The molecule has 1 saturated heterocycles. The van der Waals surface area contributed by atoms with E-state index in [-0.39, 0.29) is 17.0 Å². The van der Waals surface area contributed by atoms with Gasteiger partial charge >= 0.3 is 6.03 Å². The van der Waals surface area contributed by atoms with Gasteiger partial charge in [-0.2, -0.15) is 0 Å². The lowest BCUT2D eigenvalue weighted by molar-refractivity contribution is -0.385. The molecule has 1 aromatic heterocycles. The van der Waals surface area contributed by atoms with Gasteiger partial charge in [0.1, 0.15) is 17.1 Å². The van der Waals surface area contributed by atoms with Gasteiger partial charge in [0, 0.05) is 17.2 Å². The summed E-state index contributed by atoms with van der Waals surface area (Å²) in [6.07, 6.45) is 1.19. The van der Waals surface area contributed by atoms with Crippen molar-refractivity contribution in [3.8, 4) is 11.3 Å². The maximum atomic E-state index is 11.7. The van der Waals surface area contributed by atoms with E-state index in [1.54, 1.807) is 26.0 Å². The third kappa shape index (κ3) is 3.09. The number of urea groups is 1. The second-order valence-corrected chi connectivity index (χ2v) is 5.71. The van der Waals surface area contributed by atoms with E-state index in [9.17, 15) is 24.5 Å². The molecule has 9 nitrogen and oxygen atoms in total. The number of nitrogens with one attached hydrogen (secondary N) is 2. The highest BCUT2D eigenvalue weighted by molar-refractivity contribution is 6.31. The Kier molecular flexibility index (Phi) is 4.13. The number of nitro benzene ring substituents is 1. The largest absolute Gasteiger partial charge is 0.457 e. The van der Waals surface area contributed by atoms with Crippen LogP contribution in [-0.2, 0) is 9.59 Å². The summed E-state index contributed by atoms with van der Waals surface area (Å²) in [6.45, 7) is 3.34. The number of carbonyl (C=O) groups is 3. The molecular formula is C17H13N3O6. The van der Waals surface area contributed by atoms with E-state index < -0.39 is 22.8 Å². The Hall–Kier alpha value is -3.75. The number of benzene rings is 1. The molecule has 0 radical (unpaired) electrons. The molecule has 3 rings (SSSR count). The molecule has 2 N–H and O–H groups in total. The average Bonchev–Trinajstić information content (AvgIpc) is 3.01. The fourth-order valence-electron chi connectivity index (χ4n) is 2.61. The fourth-order valence-corrected chi connectivity index (χ4v) is 2.61. The van der Waals surface area contributed by atoms with Crippen molar-refractivity contribution < 1.29 is 23.7 Å². The van der Waals surface area contributed by atoms with Crippen LogP contribution in [0.25, 0.3) is 17.4 Å². The number of aryl methyl sites for hydroxylation is 1. The summed E-state index contributed by atoms with van der Waals surface area (Å²) in [5.41, 5.74) is 1.36. The number of imide groups is 2. The molecule has 1 aliphatic heterocycles. The number of rotatable bonds is 3. The topological polar surface area (TPSA) is 132 Å². The Bertz CT molecular complexity index is 980. The number of barbiturate groups is 1. The summed E-state index contributed by atoms with van der Waals surface area (Å²) in [5.74, 6) is -1.12. The smallest absolute Gasteiger partial charge is 0.328 e. The quantitative estimate of drug-likeness (QED) is 0.375. The molecule has 132 valence electrons. The maximum Gasteiger partial charge on any atom is 0.328 e. The first-order valence-electron chi connectivity index (χ1n) is 7.50. The third-order valence-corrected chi connectivity index (χ3v) is 3.84. The summed E-state index contributed by atoms with van der Waals surface area (Å²) in [5, 5.41) is 15.1. The summed E-state index contributed by atoms with van der Waals surface area (Å²) in [7, 11) is 0. The molecule has 0 aliphatic carbocycles. The monoisotopic (exact) mass is 355 g/mol. The first-order chi connectivity index (χ1) is 12.3. The van der Waals surface area contributed by atoms with Gasteiger partial charge < -0.3 is 4.42 Å². The summed E-state index contributed by atoms with van der Waals surface area (Å²) < 4.78 is 5.62. The minimum absolute atomic E-state index is 0.0270. The molecule has 1 aromatic carbocycles. The van der Waals surface area contributed by atoms with Crippen molar-refractivity contribution >= 4 is 29.6 Å². The van der Waals surface area contributed by atoms with Gasteiger partial charge in [0.25, 0.3) is 17.5 Å². The van der Waals surface area contributed by atoms with Crippen LogP contribution in [0.1, 0.15) is 16.9 Å². The molecule has 1 fully saturated rings. The van der Waals surface area contributed by atoms with Gasteiger partial charge in [0.15, 0.2) is 0 Å². The minimum atomic E-state index is -0.889. The zero-order valence-corrected chi connectivity index (χ0v) is 13.8. The lowest BCUT2D eigenvalue weighted by atomic mass is 10.0. The van der Waals surface area contributed by atoms with Crippen molar-refractivity contribution in [1.29, 1.82) is 0 Å². The second kappa shape index (κ2) is 6.28. The molecule has 26 heavy (non-hydrogen) atoms. The highest BCUT2D eigenvalue weighted by Gasteiger charge is 2.28. The van der Waals surface area contributed by atoms with Gasteiger partial charge in [-0.05, 0) is 43.7 Å². The van der Waals surface area contributed by atoms with E-state index in [0.29, 0.717) is 22.5 Å². The molecule has 0 saturated carbocycles. The molecule has 1 aliphatic rings. The standard InChI is InChI=1S/C17H13N3O6/c1-8-5-11(9(2)13(6-8)20(24)25)14-4-3-10(26-14)7-12-15(21)18-17(23)19-16(12)22/h3-7H,1-2H3,(H2,18,19,21,22,23). The number of furan rings is 1. The molecular weight excluding hydrogens is 342 g/mol. The Morgan fingerprint density at radius 3 is 2.35 bits per heavy atom. The summed E-state index contributed by atoms with van der Waals surface area (Å²) in [6, 6.07) is 5.43. The van der Waals surface area contributed by atoms with Crippen LogP contribution in [0.2, 0.25) is 0 Å². The molecule has 0 bridgehead atoms. The van der Waals surface area contributed by atoms with Crippen LogP contribution >= 0.6 is 0 Å². The van der Waals surface area contributed by atoms with Crippen molar-refractivity contribution in [3.63, 3.8) is 0 Å². The van der Waals surface area contributed by atoms with Crippen LogP contribution in [0.15, 0.2) is 34.3 Å². The van der Waals surface area contributed by atoms with E-state index in [0.717, 1.165) is 0 Å². The molecule has 4 amide bonds. The second-order valence-electron chi connectivity index (χ2n) is 5.71. The highest BCUT2D eigenvalue weighted by Crippen LogP contribution is 2.33. The van der Waals surface area contributed by atoms with Crippen molar-refractivity contribution in [2.75, 3.05) is 0 Å². The molecule has 0 unspecified atom stereocenters. The highest BCUT2D eigenvalue weighted by atomic mass is 16.6. The van der Waals surface area contributed by atoms with E-state index in [4.69, 9.17) is 4.42 Å². The van der Waals surface area contributed by atoms with Crippen LogP contribution in [-0.4, -0.2) is 22.8 Å². The summed E-state index contributed by atoms with van der Waals surface area (Å²) in [4.78, 5) is 45.2. The van der Waals surface area contributed by atoms with Gasteiger partial charge in [-0.1, -0.05) is 0 Å². The molecule has 2 heterocycles. The first kappa shape index (κ1) is 17.1. The van der Waals surface area contributed by atoms with E-state index >= 15 is 0 Å². The Balaban J connectivity index is 2.00. The maximum absolute atomic E-state index is 11.7. The predicted octanol–water partition coefficient (Wildman–Crippen LogP) is 2.22. The number of amides is 4. The van der Waals surface area contributed by atoms with Gasteiger partial charge in [-0.3, -0.25) is 30.3 Å². The van der Waals surface area contributed by atoms with Gasteiger partial charge in [-0.15, -0.1) is 0 Å². The molecule has 0 atom stereocenters. The van der Waals surface area contributed by atoms with E-state index in [2.05, 4.69) is 0 Å². The van der Waals surface area contributed by atoms with Crippen LogP contribution in [0.5, 0.6) is 0 Å². The van der Waals surface area contributed by atoms with Gasteiger partial charge in [0.05, 0.1) is 4.92 Å². The average molecular weight is 355 g/mol. The minimum Gasteiger partial charge on any atom is -0.457 e.